The summed E-state index contributed by atoms with van der Waals surface area (Å²) in [5.41, 5.74) is 0. The summed E-state index contributed by atoms with van der Waals surface area (Å²) >= 11 is 0. The molecule has 1 atom stereocenters. The largest absolute Gasteiger partial charge is 0.312 e. The van der Waals surface area contributed by atoms with Crippen LogP contribution in [0.15, 0.2) is 0 Å². The van der Waals surface area contributed by atoms with Crippen LogP contribution >= 0.6 is 0 Å². The quantitative estimate of drug-likeness (QED) is 0.758. The standard InChI is InChI=1S/C13H24N2/c1-2-11(3-1)4-7-14-13-10-15-8-5-12(13)6-9-15/h11-14H,1-10H2. The fourth-order valence-corrected chi connectivity index (χ4v) is 3.45. The first-order chi connectivity index (χ1) is 7.42. The van der Waals surface area contributed by atoms with Gasteiger partial charge < -0.3 is 10.2 Å². The highest BCUT2D eigenvalue weighted by Crippen LogP contribution is 2.30. The maximum absolute atomic E-state index is 3.81. The van der Waals surface area contributed by atoms with Gasteiger partial charge in [0.1, 0.15) is 0 Å². The van der Waals surface area contributed by atoms with Crippen LogP contribution in [0.1, 0.15) is 38.5 Å². The van der Waals surface area contributed by atoms with Gasteiger partial charge in [-0.2, -0.15) is 0 Å². The van der Waals surface area contributed by atoms with Crippen molar-refractivity contribution in [2.75, 3.05) is 26.2 Å². The Morgan fingerprint density at radius 3 is 2.40 bits per heavy atom. The number of rotatable bonds is 4. The highest BCUT2D eigenvalue weighted by Gasteiger charge is 2.33. The van der Waals surface area contributed by atoms with E-state index in [-0.39, 0.29) is 0 Å². The molecule has 3 heterocycles. The van der Waals surface area contributed by atoms with E-state index in [1.165, 1.54) is 64.7 Å². The molecule has 3 aliphatic heterocycles. The summed E-state index contributed by atoms with van der Waals surface area (Å²) in [5, 5.41) is 3.81. The Bertz CT molecular complexity index is 205. The van der Waals surface area contributed by atoms with Gasteiger partial charge >= 0.3 is 0 Å². The Kier molecular flexibility index (Phi) is 2.98. The molecule has 86 valence electrons. The summed E-state index contributed by atoms with van der Waals surface area (Å²) in [6, 6.07) is 0.826. The van der Waals surface area contributed by atoms with E-state index in [2.05, 4.69) is 10.2 Å². The molecule has 1 N–H and O–H groups in total. The lowest BCUT2D eigenvalue weighted by Gasteiger charge is -2.45. The molecule has 15 heavy (non-hydrogen) atoms. The van der Waals surface area contributed by atoms with Gasteiger partial charge in [0.25, 0.3) is 0 Å². The molecular weight excluding hydrogens is 184 g/mol. The molecule has 4 fully saturated rings. The molecule has 0 radical (unpaired) electrons. The topological polar surface area (TPSA) is 15.3 Å². The third kappa shape index (κ3) is 2.21. The van der Waals surface area contributed by atoms with Crippen LogP contribution in [0.3, 0.4) is 0 Å². The van der Waals surface area contributed by atoms with Crippen molar-refractivity contribution in [3.8, 4) is 0 Å². The summed E-state index contributed by atoms with van der Waals surface area (Å²) in [4.78, 5) is 2.64. The molecule has 0 aromatic heterocycles. The number of fused-ring (bicyclic) bond motifs is 3. The first-order valence-corrected chi connectivity index (χ1v) is 6.87. The molecular formula is C13H24N2. The minimum Gasteiger partial charge on any atom is -0.312 e. The molecule has 2 heteroatoms. The maximum atomic E-state index is 3.81. The lowest BCUT2D eigenvalue weighted by atomic mass is 9.82. The van der Waals surface area contributed by atoms with E-state index in [0.717, 1.165) is 17.9 Å². The summed E-state index contributed by atoms with van der Waals surface area (Å²) < 4.78 is 0. The van der Waals surface area contributed by atoms with Crippen LogP contribution in [0.5, 0.6) is 0 Å². The van der Waals surface area contributed by atoms with Crippen LogP contribution in [0.25, 0.3) is 0 Å². The van der Waals surface area contributed by atoms with Gasteiger partial charge in [0.05, 0.1) is 0 Å². The number of hydrogen-bond donors (Lipinski definition) is 1. The second-order valence-electron chi connectivity index (χ2n) is 5.78. The van der Waals surface area contributed by atoms with E-state index in [0.29, 0.717) is 0 Å². The number of piperidine rings is 3. The van der Waals surface area contributed by atoms with E-state index >= 15 is 0 Å². The van der Waals surface area contributed by atoms with Crippen molar-refractivity contribution >= 4 is 0 Å². The summed E-state index contributed by atoms with van der Waals surface area (Å²) in [6.45, 7) is 5.34. The SMILES string of the molecule is C1CC(CCNC2CN3CCC2CC3)C1. The number of hydrogen-bond acceptors (Lipinski definition) is 2. The van der Waals surface area contributed by atoms with Gasteiger partial charge in [-0.05, 0) is 50.7 Å². The van der Waals surface area contributed by atoms with E-state index < -0.39 is 0 Å². The first kappa shape index (κ1) is 10.1. The predicted molar refractivity (Wildman–Crippen MR) is 62.9 cm³/mol. The summed E-state index contributed by atoms with van der Waals surface area (Å²) in [5.74, 6) is 2.06. The fraction of sp³-hybridized carbons (Fsp3) is 1.00. The van der Waals surface area contributed by atoms with Crippen molar-refractivity contribution in [3.63, 3.8) is 0 Å². The highest BCUT2D eigenvalue weighted by atomic mass is 15.2. The zero-order valence-electron chi connectivity index (χ0n) is 9.75. The van der Waals surface area contributed by atoms with Crippen LogP contribution in [-0.4, -0.2) is 37.1 Å². The monoisotopic (exact) mass is 208 g/mol. The third-order valence-corrected chi connectivity index (χ3v) is 4.84. The Balaban J connectivity index is 1.39. The molecule has 1 saturated carbocycles. The van der Waals surface area contributed by atoms with Crippen molar-refractivity contribution in [1.29, 1.82) is 0 Å². The van der Waals surface area contributed by atoms with Crippen molar-refractivity contribution in [2.24, 2.45) is 11.8 Å². The minimum absolute atomic E-state index is 0.826. The molecule has 0 amide bonds. The molecule has 1 unspecified atom stereocenters. The Morgan fingerprint density at radius 1 is 1.07 bits per heavy atom. The van der Waals surface area contributed by atoms with Crippen LogP contribution in [-0.2, 0) is 0 Å². The molecule has 1 aliphatic carbocycles. The van der Waals surface area contributed by atoms with Crippen LogP contribution < -0.4 is 5.32 Å². The molecule has 4 aliphatic rings. The second-order valence-corrected chi connectivity index (χ2v) is 5.78. The number of nitrogens with zero attached hydrogens (tertiary/aromatic N) is 1. The molecule has 3 saturated heterocycles. The van der Waals surface area contributed by atoms with Gasteiger partial charge in [-0.3, -0.25) is 0 Å². The van der Waals surface area contributed by atoms with Crippen LogP contribution in [0.4, 0.5) is 0 Å². The van der Waals surface area contributed by atoms with Crippen LogP contribution in [0.2, 0.25) is 0 Å². The van der Waals surface area contributed by atoms with Crippen molar-refractivity contribution < 1.29 is 0 Å². The van der Waals surface area contributed by atoms with E-state index in [9.17, 15) is 0 Å². The smallest absolute Gasteiger partial charge is 0.0224 e. The van der Waals surface area contributed by atoms with E-state index in [1.807, 2.05) is 0 Å². The minimum atomic E-state index is 0.826. The first-order valence-electron chi connectivity index (χ1n) is 6.87. The van der Waals surface area contributed by atoms with Gasteiger partial charge in [0.2, 0.25) is 0 Å². The van der Waals surface area contributed by atoms with Crippen molar-refractivity contribution in [3.05, 3.63) is 0 Å². The highest BCUT2D eigenvalue weighted by molar-refractivity contribution is 4.90. The molecule has 2 bridgehead atoms. The maximum Gasteiger partial charge on any atom is 0.0224 e. The van der Waals surface area contributed by atoms with Gasteiger partial charge in [-0.15, -0.1) is 0 Å². The normalized spacial score (nSPS) is 40.4. The molecule has 0 aromatic carbocycles. The van der Waals surface area contributed by atoms with E-state index in [1.54, 1.807) is 0 Å². The lowest BCUT2D eigenvalue weighted by molar-refractivity contribution is 0.0715. The summed E-state index contributed by atoms with van der Waals surface area (Å²) in [7, 11) is 0. The van der Waals surface area contributed by atoms with E-state index in [4.69, 9.17) is 0 Å². The van der Waals surface area contributed by atoms with Gasteiger partial charge in [-0.1, -0.05) is 19.3 Å². The third-order valence-electron chi connectivity index (χ3n) is 4.84. The van der Waals surface area contributed by atoms with Crippen molar-refractivity contribution in [2.45, 2.75) is 44.6 Å². The van der Waals surface area contributed by atoms with Gasteiger partial charge in [-0.25, -0.2) is 0 Å². The average molecular weight is 208 g/mol. The van der Waals surface area contributed by atoms with Crippen LogP contribution in [0, 0.1) is 11.8 Å². The molecule has 0 spiro atoms. The second kappa shape index (κ2) is 4.42. The summed E-state index contributed by atoms with van der Waals surface area (Å²) in [6.07, 6.45) is 8.82. The zero-order chi connectivity index (χ0) is 10.1. The van der Waals surface area contributed by atoms with Gasteiger partial charge in [0.15, 0.2) is 0 Å². The van der Waals surface area contributed by atoms with Crippen molar-refractivity contribution in [1.82, 2.24) is 10.2 Å². The lowest BCUT2D eigenvalue weighted by Crippen LogP contribution is -2.56. The average Bonchev–Trinajstić information content (AvgIpc) is 2.24. The Hall–Kier alpha value is -0.0800. The molecule has 2 nitrogen and oxygen atoms in total. The van der Waals surface area contributed by atoms with Gasteiger partial charge in [0, 0.05) is 12.6 Å². The molecule has 0 aromatic rings. The predicted octanol–water partition coefficient (Wildman–Crippen LogP) is 1.86. The fourth-order valence-electron chi connectivity index (χ4n) is 3.45. The Labute approximate surface area is 93.4 Å². The Morgan fingerprint density at radius 2 is 1.87 bits per heavy atom. The molecule has 4 rings (SSSR count). The zero-order valence-corrected chi connectivity index (χ0v) is 9.75. The number of nitrogens with one attached hydrogen (secondary N) is 1.